The molecule has 2 N–H and O–H groups in total. The molecule has 0 aliphatic heterocycles. The first-order valence-electron chi connectivity index (χ1n) is 7.53. The van der Waals surface area contributed by atoms with Crippen LogP contribution in [0.1, 0.15) is 5.56 Å². The fourth-order valence-corrected chi connectivity index (χ4v) is 2.43. The van der Waals surface area contributed by atoms with Gasteiger partial charge in [-0.3, -0.25) is 0 Å². The Bertz CT molecular complexity index is 825. The summed E-state index contributed by atoms with van der Waals surface area (Å²) in [5.74, 6) is 0.948. The number of nitrogens with zero attached hydrogens (tertiary/aromatic N) is 2. The molecule has 0 bridgehead atoms. The Morgan fingerprint density at radius 2 is 1.92 bits per heavy atom. The van der Waals surface area contributed by atoms with Gasteiger partial charge in [0.25, 0.3) is 0 Å². The number of rotatable bonds is 6. The Morgan fingerprint density at radius 3 is 2.75 bits per heavy atom. The summed E-state index contributed by atoms with van der Waals surface area (Å²) in [6, 6.07) is 15.9. The molecule has 4 nitrogen and oxygen atoms in total. The molecular formula is C18H16ClFN4. The van der Waals surface area contributed by atoms with Crippen molar-refractivity contribution in [2.24, 2.45) is 0 Å². The zero-order chi connectivity index (χ0) is 16.8. The van der Waals surface area contributed by atoms with E-state index in [0.29, 0.717) is 35.3 Å². The SMILES string of the molecule is Fc1ccccc1CCNc1ccnc(Nc2cccc(Cl)c2)n1. The molecule has 0 fully saturated rings. The van der Waals surface area contributed by atoms with Gasteiger partial charge in [0.1, 0.15) is 11.6 Å². The van der Waals surface area contributed by atoms with Crippen LogP contribution in [-0.4, -0.2) is 16.5 Å². The van der Waals surface area contributed by atoms with Gasteiger partial charge in [-0.2, -0.15) is 4.98 Å². The Morgan fingerprint density at radius 1 is 1.04 bits per heavy atom. The van der Waals surface area contributed by atoms with Gasteiger partial charge in [0, 0.05) is 23.5 Å². The molecule has 0 spiro atoms. The van der Waals surface area contributed by atoms with E-state index in [-0.39, 0.29) is 5.82 Å². The Labute approximate surface area is 144 Å². The molecule has 1 heterocycles. The predicted octanol–water partition coefficient (Wildman–Crippen LogP) is 4.67. The summed E-state index contributed by atoms with van der Waals surface area (Å²) in [4.78, 5) is 8.56. The highest BCUT2D eigenvalue weighted by molar-refractivity contribution is 6.30. The Kier molecular flexibility index (Phi) is 5.23. The molecule has 0 aliphatic carbocycles. The normalized spacial score (nSPS) is 10.4. The fourth-order valence-electron chi connectivity index (χ4n) is 2.24. The van der Waals surface area contributed by atoms with Gasteiger partial charge in [0.15, 0.2) is 0 Å². The molecule has 0 saturated carbocycles. The van der Waals surface area contributed by atoms with Crippen molar-refractivity contribution in [3.05, 3.63) is 77.2 Å². The lowest BCUT2D eigenvalue weighted by molar-refractivity contribution is 0.610. The number of aromatic nitrogens is 2. The number of halogens is 2. The lowest BCUT2D eigenvalue weighted by Crippen LogP contribution is -2.08. The molecule has 122 valence electrons. The molecule has 6 heteroatoms. The molecule has 2 aromatic carbocycles. The van der Waals surface area contributed by atoms with Crippen LogP contribution in [0.2, 0.25) is 5.02 Å². The molecular weight excluding hydrogens is 327 g/mol. The van der Waals surface area contributed by atoms with Crippen LogP contribution in [-0.2, 0) is 6.42 Å². The van der Waals surface area contributed by atoms with Crippen molar-refractivity contribution in [2.45, 2.75) is 6.42 Å². The average Bonchev–Trinajstić information content (AvgIpc) is 2.57. The summed E-state index contributed by atoms with van der Waals surface area (Å²) in [5.41, 5.74) is 1.49. The highest BCUT2D eigenvalue weighted by Crippen LogP contribution is 2.18. The molecule has 3 aromatic rings. The zero-order valence-corrected chi connectivity index (χ0v) is 13.6. The van der Waals surface area contributed by atoms with Crippen molar-refractivity contribution in [1.29, 1.82) is 0 Å². The third-order valence-electron chi connectivity index (χ3n) is 3.39. The van der Waals surface area contributed by atoms with E-state index in [2.05, 4.69) is 20.6 Å². The lowest BCUT2D eigenvalue weighted by atomic mass is 10.1. The quantitative estimate of drug-likeness (QED) is 0.683. The number of anilines is 3. The minimum Gasteiger partial charge on any atom is -0.370 e. The van der Waals surface area contributed by atoms with E-state index < -0.39 is 0 Å². The molecule has 0 saturated heterocycles. The van der Waals surface area contributed by atoms with Gasteiger partial charge in [0.05, 0.1) is 0 Å². The first-order chi connectivity index (χ1) is 11.7. The number of nitrogens with one attached hydrogen (secondary N) is 2. The number of benzene rings is 2. The van der Waals surface area contributed by atoms with Crippen molar-refractivity contribution in [3.8, 4) is 0 Å². The van der Waals surface area contributed by atoms with Crippen LogP contribution in [0.4, 0.5) is 21.8 Å². The van der Waals surface area contributed by atoms with Crippen molar-refractivity contribution < 1.29 is 4.39 Å². The van der Waals surface area contributed by atoms with Crippen LogP contribution in [0, 0.1) is 5.82 Å². The minimum atomic E-state index is -0.190. The van der Waals surface area contributed by atoms with Crippen LogP contribution < -0.4 is 10.6 Å². The Hall–Kier alpha value is -2.66. The van der Waals surface area contributed by atoms with E-state index in [1.165, 1.54) is 6.07 Å². The molecule has 0 atom stereocenters. The van der Waals surface area contributed by atoms with Gasteiger partial charge < -0.3 is 10.6 Å². The molecule has 24 heavy (non-hydrogen) atoms. The maximum atomic E-state index is 13.6. The van der Waals surface area contributed by atoms with Crippen molar-refractivity contribution >= 4 is 29.1 Å². The van der Waals surface area contributed by atoms with E-state index in [0.717, 1.165) is 5.69 Å². The van der Waals surface area contributed by atoms with Crippen molar-refractivity contribution in [1.82, 2.24) is 9.97 Å². The second-order valence-electron chi connectivity index (χ2n) is 5.17. The summed E-state index contributed by atoms with van der Waals surface area (Å²) in [5, 5.41) is 6.91. The summed E-state index contributed by atoms with van der Waals surface area (Å²) in [7, 11) is 0. The second-order valence-corrected chi connectivity index (χ2v) is 5.61. The molecule has 3 rings (SSSR count). The van der Waals surface area contributed by atoms with Crippen LogP contribution in [0.25, 0.3) is 0 Å². The van der Waals surface area contributed by atoms with E-state index in [4.69, 9.17) is 11.6 Å². The number of hydrogen-bond donors (Lipinski definition) is 2. The summed E-state index contributed by atoms with van der Waals surface area (Å²) in [6.45, 7) is 0.578. The highest BCUT2D eigenvalue weighted by atomic mass is 35.5. The minimum absolute atomic E-state index is 0.190. The first-order valence-corrected chi connectivity index (χ1v) is 7.91. The second kappa shape index (κ2) is 7.75. The van der Waals surface area contributed by atoms with Crippen LogP contribution in [0.15, 0.2) is 60.8 Å². The van der Waals surface area contributed by atoms with Crippen LogP contribution in [0.5, 0.6) is 0 Å². The maximum absolute atomic E-state index is 13.6. The maximum Gasteiger partial charge on any atom is 0.229 e. The summed E-state index contributed by atoms with van der Waals surface area (Å²) >= 11 is 5.96. The van der Waals surface area contributed by atoms with E-state index in [9.17, 15) is 4.39 Å². The van der Waals surface area contributed by atoms with Gasteiger partial charge in [-0.25, -0.2) is 9.37 Å². The van der Waals surface area contributed by atoms with Crippen molar-refractivity contribution in [3.63, 3.8) is 0 Å². The average molecular weight is 343 g/mol. The highest BCUT2D eigenvalue weighted by Gasteiger charge is 2.03. The lowest BCUT2D eigenvalue weighted by Gasteiger charge is -2.09. The summed E-state index contributed by atoms with van der Waals surface area (Å²) < 4.78 is 13.6. The summed E-state index contributed by atoms with van der Waals surface area (Å²) in [6.07, 6.45) is 2.24. The molecule has 0 amide bonds. The smallest absolute Gasteiger partial charge is 0.229 e. The largest absolute Gasteiger partial charge is 0.370 e. The van der Waals surface area contributed by atoms with E-state index >= 15 is 0 Å². The standard InChI is InChI=1S/C18H16ClFN4/c19-14-5-3-6-15(12-14)23-18-22-11-9-17(24-18)21-10-8-13-4-1-2-7-16(13)20/h1-7,9,11-12H,8,10H2,(H2,21,22,23,24). The van der Waals surface area contributed by atoms with Crippen molar-refractivity contribution in [2.75, 3.05) is 17.2 Å². The van der Waals surface area contributed by atoms with Crippen LogP contribution in [0.3, 0.4) is 0 Å². The third-order valence-corrected chi connectivity index (χ3v) is 3.63. The predicted molar refractivity (Wildman–Crippen MR) is 95.4 cm³/mol. The van der Waals surface area contributed by atoms with Gasteiger partial charge >= 0.3 is 0 Å². The topological polar surface area (TPSA) is 49.8 Å². The zero-order valence-electron chi connectivity index (χ0n) is 12.8. The van der Waals surface area contributed by atoms with Gasteiger partial charge in [-0.15, -0.1) is 0 Å². The van der Waals surface area contributed by atoms with Gasteiger partial charge in [-0.05, 0) is 42.3 Å². The van der Waals surface area contributed by atoms with Gasteiger partial charge in [0.2, 0.25) is 5.95 Å². The molecule has 0 unspecified atom stereocenters. The van der Waals surface area contributed by atoms with Crippen LogP contribution >= 0.6 is 11.6 Å². The molecule has 0 radical (unpaired) electrons. The fraction of sp³-hybridized carbons (Fsp3) is 0.111. The first kappa shape index (κ1) is 16.2. The monoisotopic (exact) mass is 342 g/mol. The third kappa shape index (κ3) is 4.43. The Balaban J connectivity index is 1.60. The van der Waals surface area contributed by atoms with E-state index in [1.807, 2.05) is 18.2 Å². The molecule has 1 aromatic heterocycles. The van der Waals surface area contributed by atoms with E-state index in [1.54, 1.807) is 36.5 Å². The van der Waals surface area contributed by atoms with Gasteiger partial charge in [-0.1, -0.05) is 35.9 Å². The number of hydrogen-bond acceptors (Lipinski definition) is 4. The molecule has 0 aliphatic rings.